The number of rotatable bonds is 6. The number of H-pyrrole nitrogens is 1. The molecule has 2 N–H and O–H groups in total. The van der Waals surface area contributed by atoms with Crippen molar-refractivity contribution in [3.63, 3.8) is 0 Å². The van der Waals surface area contributed by atoms with Crippen LogP contribution >= 0.6 is 12.2 Å². The number of aryl methyl sites for hydroxylation is 2. The Kier molecular flexibility index (Phi) is 6.71. The standard InChI is InChI=1S/C23H31N3O3S/c1-15-7-8-17-11-18(22(27)25-21(17)16(15)2)13-26(14-20-6-4-10-29-20)23(30)24-12-19-5-3-9-28-19/h7-8,11,19-20H,3-6,9-10,12-14H2,1-2H3,(H,24,30)(H,25,27)/t19-,20-/m1/s1. The van der Waals surface area contributed by atoms with E-state index in [-0.39, 0.29) is 17.8 Å². The Labute approximate surface area is 182 Å². The Morgan fingerprint density at radius 2 is 1.93 bits per heavy atom. The summed E-state index contributed by atoms with van der Waals surface area (Å²) in [6.07, 6.45) is 4.62. The molecule has 1 aromatic heterocycles. The van der Waals surface area contributed by atoms with Crippen molar-refractivity contribution in [1.82, 2.24) is 15.2 Å². The average molecular weight is 430 g/mol. The van der Waals surface area contributed by atoms with E-state index in [9.17, 15) is 4.79 Å². The summed E-state index contributed by atoms with van der Waals surface area (Å²) >= 11 is 5.71. The van der Waals surface area contributed by atoms with Gasteiger partial charge in [-0.05, 0) is 74.3 Å². The number of ether oxygens (including phenoxy) is 2. The summed E-state index contributed by atoms with van der Waals surface area (Å²) in [6, 6.07) is 6.15. The molecule has 2 fully saturated rings. The van der Waals surface area contributed by atoms with Crippen LogP contribution in [0.15, 0.2) is 23.0 Å². The molecule has 2 aliphatic rings. The van der Waals surface area contributed by atoms with Crippen LogP contribution < -0.4 is 10.9 Å². The maximum atomic E-state index is 12.9. The molecule has 1 aromatic carbocycles. The van der Waals surface area contributed by atoms with E-state index in [0.29, 0.717) is 30.3 Å². The fourth-order valence-electron chi connectivity index (χ4n) is 4.26. The Morgan fingerprint density at radius 3 is 2.63 bits per heavy atom. The van der Waals surface area contributed by atoms with E-state index in [1.807, 2.05) is 13.0 Å². The topological polar surface area (TPSA) is 66.6 Å². The molecule has 162 valence electrons. The van der Waals surface area contributed by atoms with Gasteiger partial charge in [-0.25, -0.2) is 0 Å². The van der Waals surface area contributed by atoms with Gasteiger partial charge in [-0.1, -0.05) is 12.1 Å². The predicted octanol–water partition coefficient (Wildman–Crippen LogP) is 3.18. The number of pyridine rings is 1. The summed E-state index contributed by atoms with van der Waals surface area (Å²) in [5, 5.41) is 5.05. The van der Waals surface area contributed by atoms with Crippen molar-refractivity contribution < 1.29 is 9.47 Å². The lowest BCUT2D eigenvalue weighted by Crippen LogP contribution is -2.45. The fourth-order valence-corrected chi connectivity index (χ4v) is 4.49. The zero-order chi connectivity index (χ0) is 21.1. The first-order valence-electron chi connectivity index (χ1n) is 10.9. The first-order chi connectivity index (χ1) is 14.5. The van der Waals surface area contributed by atoms with Crippen molar-refractivity contribution >= 4 is 28.2 Å². The van der Waals surface area contributed by atoms with Crippen LogP contribution in [0.2, 0.25) is 0 Å². The van der Waals surface area contributed by atoms with E-state index in [0.717, 1.165) is 55.4 Å². The molecule has 2 saturated heterocycles. The largest absolute Gasteiger partial charge is 0.376 e. The zero-order valence-electron chi connectivity index (χ0n) is 17.8. The molecule has 30 heavy (non-hydrogen) atoms. The smallest absolute Gasteiger partial charge is 0.253 e. The average Bonchev–Trinajstić information content (AvgIpc) is 3.44. The molecule has 0 aliphatic carbocycles. The highest BCUT2D eigenvalue weighted by Crippen LogP contribution is 2.20. The fraction of sp³-hybridized carbons (Fsp3) is 0.565. The van der Waals surface area contributed by atoms with Gasteiger partial charge >= 0.3 is 0 Å². The maximum absolute atomic E-state index is 12.9. The van der Waals surface area contributed by atoms with Crippen LogP contribution in [0.5, 0.6) is 0 Å². The van der Waals surface area contributed by atoms with Gasteiger partial charge in [0.25, 0.3) is 5.56 Å². The molecule has 2 aromatic rings. The number of aromatic amines is 1. The number of thiocarbonyl (C=S) groups is 1. The van der Waals surface area contributed by atoms with Crippen molar-refractivity contribution in [2.24, 2.45) is 0 Å². The molecule has 2 atom stereocenters. The molecule has 0 bridgehead atoms. The number of fused-ring (bicyclic) bond motifs is 1. The normalized spacial score (nSPS) is 21.3. The number of benzene rings is 1. The van der Waals surface area contributed by atoms with Crippen LogP contribution in [-0.2, 0) is 16.0 Å². The highest BCUT2D eigenvalue weighted by atomic mass is 32.1. The first-order valence-corrected chi connectivity index (χ1v) is 11.3. The van der Waals surface area contributed by atoms with Crippen LogP contribution in [0.1, 0.15) is 42.4 Å². The second-order valence-electron chi connectivity index (χ2n) is 8.43. The van der Waals surface area contributed by atoms with Gasteiger partial charge < -0.3 is 24.7 Å². The molecule has 0 radical (unpaired) electrons. The molecule has 4 rings (SSSR count). The number of hydrogen-bond acceptors (Lipinski definition) is 4. The molecular formula is C23H31N3O3S. The van der Waals surface area contributed by atoms with Crippen molar-refractivity contribution in [3.05, 3.63) is 45.2 Å². The molecule has 3 heterocycles. The third-order valence-electron chi connectivity index (χ3n) is 6.23. The van der Waals surface area contributed by atoms with Crippen LogP contribution in [0, 0.1) is 13.8 Å². The van der Waals surface area contributed by atoms with E-state index in [1.165, 1.54) is 5.56 Å². The summed E-state index contributed by atoms with van der Waals surface area (Å²) in [4.78, 5) is 18.0. The minimum Gasteiger partial charge on any atom is -0.376 e. The number of hydrogen-bond donors (Lipinski definition) is 2. The van der Waals surface area contributed by atoms with Crippen molar-refractivity contribution in [2.75, 3.05) is 26.3 Å². The summed E-state index contributed by atoms with van der Waals surface area (Å²) in [5.74, 6) is 0. The van der Waals surface area contributed by atoms with E-state index in [4.69, 9.17) is 21.7 Å². The van der Waals surface area contributed by atoms with Gasteiger partial charge in [0.15, 0.2) is 5.11 Å². The molecule has 6 nitrogen and oxygen atoms in total. The van der Waals surface area contributed by atoms with Crippen molar-refractivity contribution in [3.8, 4) is 0 Å². The van der Waals surface area contributed by atoms with Crippen LogP contribution in [0.25, 0.3) is 10.9 Å². The monoisotopic (exact) mass is 429 g/mol. The number of nitrogens with zero attached hydrogens (tertiary/aromatic N) is 1. The Morgan fingerprint density at radius 1 is 1.20 bits per heavy atom. The minimum absolute atomic E-state index is 0.0598. The Hall–Kier alpha value is -1.96. The number of aromatic nitrogens is 1. The van der Waals surface area contributed by atoms with E-state index < -0.39 is 0 Å². The Balaban J connectivity index is 1.53. The SMILES string of the molecule is Cc1ccc2cc(CN(C[C@H]3CCCO3)C(=S)NC[C@H]3CCCO3)c(=O)[nH]c2c1C. The number of nitrogens with one attached hydrogen (secondary N) is 2. The maximum Gasteiger partial charge on any atom is 0.253 e. The summed E-state index contributed by atoms with van der Waals surface area (Å²) in [6.45, 7) is 7.56. The third kappa shape index (κ3) is 4.85. The second-order valence-corrected chi connectivity index (χ2v) is 8.82. The molecular weight excluding hydrogens is 398 g/mol. The summed E-state index contributed by atoms with van der Waals surface area (Å²) < 4.78 is 11.5. The van der Waals surface area contributed by atoms with Gasteiger partial charge in [0.1, 0.15) is 0 Å². The van der Waals surface area contributed by atoms with E-state index in [1.54, 1.807) is 0 Å². The molecule has 0 unspecified atom stereocenters. The highest BCUT2D eigenvalue weighted by Gasteiger charge is 2.23. The lowest BCUT2D eigenvalue weighted by atomic mass is 10.0. The van der Waals surface area contributed by atoms with E-state index in [2.05, 4.69) is 34.3 Å². The molecule has 0 amide bonds. The van der Waals surface area contributed by atoms with Gasteiger partial charge in [0.2, 0.25) is 0 Å². The zero-order valence-corrected chi connectivity index (χ0v) is 18.6. The lowest BCUT2D eigenvalue weighted by Gasteiger charge is -2.29. The Bertz CT molecular complexity index is 962. The van der Waals surface area contributed by atoms with Gasteiger partial charge in [0.05, 0.1) is 24.3 Å². The van der Waals surface area contributed by atoms with Gasteiger partial charge in [-0.2, -0.15) is 0 Å². The van der Waals surface area contributed by atoms with Gasteiger partial charge in [0, 0.05) is 31.9 Å². The molecule has 0 spiro atoms. The summed E-state index contributed by atoms with van der Waals surface area (Å²) in [5.41, 5.74) is 3.85. The quantitative estimate of drug-likeness (QED) is 0.688. The third-order valence-corrected chi connectivity index (χ3v) is 6.63. The highest BCUT2D eigenvalue weighted by molar-refractivity contribution is 7.80. The molecule has 0 saturated carbocycles. The van der Waals surface area contributed by atoms with Crippen molar-refractivity contribution in [1.29, 1.82) is 0 Å². The van der Waals surface area contributed by atoms with E-state index >= 15 is 0 Å². The van der Waals surface area contributed by atoms with Gasteiger partial charge in [-0.3, -0.25) is 4.79 Å². The lowest BCUT2D eigenvalue weighted by molar-refractivity contribution is 0.0885. The second kappa shape index (κ2) is 9.45. The molecule has 7 heteroatoms. The minimum atomic E-state index is -0.0598. The predicted molar refractivity (Wildman–Crippen MR) is 123 cm³/mol. The van der Waals surface area contributed by atoms with Crippen LogP contribution in [0.3, 0.4) is 0 Å². The van der Waals surface area contributed by atoms with Crippen LogP contribution in [0.4, 0.5) is 0 Å². The first kappa shape index (κ1) is 21.3. The molecule has 2 aliphatic heterocycles. The van der Waals surface area contributed by atoms with Crippen LogP contribution in [-0.4, -0.2) is 53.5 Å². The summed E-state index contributed by atoms with van der Waals surface area (Å²) in [7, 11) is 0. The van der Waals surface area contributed by atoms with Crippen molar-refractivity contribution in [2.45, 2.75) is 58.3 Å². The van der Waals surface area contributed by atoms with Gasteiger partial charge in [-0.15, -0.1) is 0 Å².